The lowest BCUT2D eigenvalue weighted by molar-refractivity contribution is -0.125. The van der Waals surface area contributed by atoms with Crippen LogP contribution in [0.5, 0.6) is 0 Å². The van der Waals surface area contributed by atoms with Gasteiger partial charge in [0.1, 0.15) is 5.82 Å². The fourth-order valence-electron chi connectivity index (χ4n) is 4.46. The van der Waals surface area contributed by atoms with Crippen molar-refractivity contribution in [3.8, 4) is 0 Å². The van der Waals surface area contributed by atoms with Gasteiger partial charge < -0.3 is 10.1 Å². The van der Waals surface area contributed by atoms with Gasteiger partial charge in [0.2, 0.25) is 0 Å². The molecule has 1 aromatic carbocycles. The van der Waals surface area contributed by atoms with Gasteiger partial charge in [0.05, 0.1) is 16.5 Å². The molecule has 0 saturated heterocycles. The van der Waals surface area contributed by atoms with E-state index in [9.17, 15) is 14.4 Å². The summed E-state index contributed by atoms with van der Waals surface area (Å²) in [5.74, 6) is 0.875. The lowest BCUT2D eigenvalue weighted by Gasteiger charge is -2.34. The summed E-state index contributed by atoms with van der Waals surface area (Å²) in [5, 5.41) is 3.49. The Labute approximate surface area is 169 Å². The summed E-state index contributed by atoms with van der Waals surface area (Å²) in [4.78, 5) is 41.7. The third-order valence-electron chi connectivity index (χ3n) is 6.44. The topological polar surface area (TPSA) is 90.3 Å². The number of amides is 1. The number of nitrogens with zero attached hydrogens (tertiary/aromatic N) is 2. The van der Waals surface area contributed by atoms with Crippen LogP contribution in [0.15, 0.2) is 23.0 Å². The lowest BCUT2D eigenvalue weighted by atomic mass is 9.78. The molecule has 3 atom stereocenters. The highest BCUT2D eigenvalue weighted by Gasteiger charge is 2.28. The minimum Gasteiger partial charge on any atom is -0.452 e. The van der Waals surface area contributed by atoms with Gasteiger partial charge in [-0.15, -0.1) is 0 Å². The summed E-state index contributed by atoms with van der Waals surface area (Å²) in [7, 11) is 0. The molecule has 2 aliphatic rings. The molecule has 1 aromatic heterocycles. The van der Waals surface area contributed by atoms with Crippen LogP contribution >= 0.6 is 0 Å². The van der Waals surface area contributed by atoms with Crippen LogP contribution < -0.4 is 10.9 Å². The Balaban J connectivity index is 1.41. The number of rotatable bonds is 4. The van der Waals surface area contributed by atoms with Crippen molar-refractivity contribution >= 4 is 22.8 Å². The molecule has 0 unspecified atom stereocenters. The van der Waals surface area contributed by atoms with Gasteiger partial charge in [0, 0.05) is 19.0 Å². The molecule has 2 heterocycles. The minimum atomic E-state index is -0.588. The van der Waals surface area contributed by atoms with E-state index in [1.54, 1.807) is 22.8 Å². The molecule has 1 N–H and O–H groups in total. The van der Waals surface area contributed by atoms with E-state index in [-0.39, 0.29) is 24.1 Å². The zero-order valence-electron chi connectivity index (χ0n) is 16.9. The second-order valence-corrected chi connectivity index (χ2v) is 8.34. The van der Waals surface area contributed by atoms with Gasteiger partial charge in [-0.05, 0) is 42.9 Å². The predicted molar refractivity (Wildman–Crippen MR) is 109 cm³/mol. The number of hydrogen-bond donors (Lipinski definition) is 1. The molecule has 7 heteroatoms. The number of nitrogens with one attached hydrogen (secondary N) is 1. The molecule has 0 spiro atoms. The maximum absolute atomic E-state index is 12.5. The Morgan fingerprint density at radius 2 is 2.07 bits per heavy atom. The summed E-state index contributed by atoms with van der Waals surface area (Å²) in [6, 6.07) is 4.86. The van der Waals surface area contributed by atoms with Gasteiger partial charge in [0.25, 0.3) is 11.5 Å². The smallest absolute Gasteiger partial charge is 0.338 e. The Bertz CT molecular complexity index is 1010. The molecule has 1 aliphatic heterocycles. The average Bonchev–Trinajstić information content (AvgIpc) is 3.18. The summed E-state index contributed by atoms with van der Waals surface area (Å²) in [6.45, 7) is 4.74. The molecular formula is C22H27N3O4. The van der Waals surface area contributed by atoms with Crippen LogP contribution in [0, 0.1) is 11.8 Å². The van der Waals surface area contributed by atoms with Crippen LogP contribution in [0.3, 0.4) is 0 Å². The van der Waals surface area contributed by atoms with Gasteiger partial charge in [-0.3, -0.25) is 14.2 Å². The second-order valence-electron chi connectivity index (χ2n) is 8.34. The zero-order chi connectivity index (χ0) is 20.5. The first-order valence-electron chi connectivity index (χ1n) is 10.4. The maximum Gasteiger partial charge on any atom is 0.338 e. The number of fused-ring (bicyclic) bond motifs is 2. The molecule has 0 bridgehead atoms. The van der Waals surface area contributed by atoms with E-state index in [2.05, 4.69) is 24.1 Å². The Hall–Kier alpha value is -2.70. The zero-order valence-corrected chi connectivity index (χ0v) is 16.9. The van der Waals surface area contributed by atoms with E-state index in [4.69, 9.17) is 4.74 Å². The highest BCUT2D eigenvalue weighted by Crippen LogP contribution is 2.29. The third-order valence-corrected chi connectivity index (χ3v) is 6.44. The number of benzene rings is 1. The molecule has 154 valence electrons. The van der Waals surface area contributed by atoms with Crippen LogP contribution in [0.2, 0.25) is 0 Å². The van der Waals surface area contributed by atoms with Crippen molar-refractivity contribution in [1.29, 1.82) is 0 Å². The van der Waals surface area contributed by atoms with E-state index in [0.29, 0.717) is 34.8 Å². The molecule has 1 amide bonds. The number of aryl methyl sites for hydroxylation is 1. The van der Waals surface area contributed by atoms with E-state index in [1.165, 1.54) is 6.42 Å². The van der Waals surface area contributed by atoms with Gasteiger partial charge in [-0.2, -0.15) is 0 Å². The number of carbonyl (C=O) groups is 2. The monoisotopic (exact) mass is 397 g/mol. The lowest BCUT2D eigenvalue weighted by Crippen LogP contribution is -2.45. The normalized spacial score (nSPS) is 23.6. The summed E-state index contributed by atoms with van der Waals surface area (Å²) < 4.78 is 6.90. The molecule has 4 rings (SSSR count). The van der Waals surface area contributed by atoms with Crippen LogP contribution in [0.25, 0.3) is 10.9 Å². The molecular weight excluding hydrogens is 370 g/mol. The van der Waals surface area contributed by atoms with E-state index in [0.717, 1.165) is 31.5 Å². The number of ether oxygens (including phenoxy) is 1. The molecule has 2 aromatic rings. The molecule has 7 nitrogen and oxygen atoms in total. The Morgan fingerprint density at radius 1 is 1.24 bits per heavy atom. The second kappa shape index (κ2) is 7.97. The molecule has 1 saturated carbocycles. The van der Waals surface area contributed by atoms with Crippen molar-refractivity contribution in [3.63, 3.8) is 0 Å². The molecule has 1 aliphatic carbocycles. The Kier molecular flexibility index (Phi) is 5.39. The highest BCUT2D eigenvalue weighted by molar-refractivity contribution is 5.95. The molecule has 0 radical (unpaired) electrons. The minimum absolute atomic E-state index is 0.0716. The standard InChI is InChI=1S/C22H27N3O4/c1-13-5-3-6-17(14(13)2)24-20(26)12-29-22(28)15-8-9-16-18(11-15)23-19-7-4-10-25(19)21(16)27/h8-9,11,13-14,17H,3-7,10,12H2,1-2H3,(H,24,26)/t13-,14-,17-/m1/s1. The third kappa shape index (κ3) is 3.91. The van der Waals surface area contributed by atoms with Gasteiger partial charge in [-0.25, -0.2) is 9.78 Å². The first-order chi connectivity index (χ1) is 13.9. The largest absolute Gasteiger partial charge is 0.452 e. The number of aromatic nitrogens is 2. The van der Waals surface area contributed by atoms with Crippen molar-refractivity contribution < 1.29 is 14.3 Å². The SMILES string of the molecule is C[C@@H]1[C@H](C)CCC[C@H]1NC(=O)COC(=O)c1ccc2c(=O)n3c(nc2c1)CCC3. The predicted octanol–water partition coefficient (Wildman–Crippen LogP) is 2.44. The van der Waals surface area contributed by atoms with Crippen molar-refractivity contribution in [1.82, 2.24) is 14.9 Å². The van der Waals surface area contributed by atoms with Crippen molar-refractivity contribution in [2.45, 2.75) is 58.5 Å². The molecule has 1 fully saturated rings. The van der Waals surface area contributed by atoms with Crippen LogP contribution in [0.1, 0.15) is 55.7 Å². The van der Waals surface area contributed by atoms with E-state index in [1.807, 2.05) is 0 Å². The number of carbonyl (C=O) groups excluding carboxylic acids is 2. The van der Waals surface area contributed by atoms with Crippen LogP contribution in [-0.4, -0.2) is 34.1 Å². The Morgan fingerprint density at radius 3 is 2.90 bits per heavy atom. The first-order valence-corrected chi connectivity index (χ1v) is 10.4. The van der Waals surface area contributed by atoms with E-state index >= 15 is 0 Å². The first kappa shape index (κ1) is 19.6. The van der Waals surface area contributed by atoms with Crippen molar-refractivity contribution in [3.05, 3.63) is 39.9 Å². The summed E-state index contributed by atoms with van der Waals surface area (Å²) in [5.41, 5.74) is 0.712. The fourth-order valence-corrected chi connectivity index (χ4v) is 4.46. The highest BCUT2D eigenvalue weighted by atomic mass is 16.5. The maximum atomic E-state index is 12.5. The van der Waals surface area contributed by atoms with Crippen molar-refractivity contribution in [2.75, 3.05) is 6.61 Å². The van der Waals surface area contributed by atoms with Gasteiger partial charge >= 0.3 is 5.97 Å². The molecule has 29 heavy (non-hydrogen) atoms. The van der Waals surface area contributed by atoms with Crippen LogP contribution in [0.4, 0.5) is 0 Å². The van der Waals surface area contributed by atoms with Crippen molar-refractivity contribution in [2.24, 2.45) is 11.8 Å². The summed E-state index contributed by atoms with van der Waals surface area (Å²) in [6.07, 6.45) is 4.91. The summed E-state index contributed by atoms with van der Waals surface area (Å²) >= 11 is 0. The van der Waals surface area contributed by atoms with Gasteiger partial charge in [-0.1, -0.05) is 26.7 Å². The van der Waals surface area contributed by atoms with E-state index < -0.39 is 5.97 Å². The fraction of sp³-hybridized carbons (Fsp3) is 0.545. The number of hydrogen-bond acceptors (Lipinski definition) is 5. The van der Waals surface area contributed by atoms with Gasteiger partial charge in [0.15, 0.2) is 6.61 Å². The quantitative estimate of drug-likeness (QED) is 0.801. The van der Waals surface area contributed by atoms with Crippen LogP contribution in [-0.2, 0) is 22.5 Å². The number of esters is 1. The average molecular weight is 397 g/mol.